The van der Waals surface area contributed by atoms with Crippen LogP contribution in [0.15, 0.2) is 18.3 Å². The van der Waals surface area contributed by atoms with Gasteiger partial charge in [-0.05, 0) is 12.1 Å². The predicted molar refractivity (Wildman–Crippen MR) is 49.8 cm³/mol. The Bertz CT molecular complexity index is 394. The van der Waals surface area contributed by atoms with Crippen LogP contribution >= 0.6 is 0 Å². The van der Waals surface area contributed by atoms with Crippen molar-refractivity contribution >= 4 is 17.7 Å². The van der Waals surface area contributed by atoms with Crippen LogP contribution in [0, 0.1) is 0 Å². The Hall–Kier alpha value is -2.11. The molecule has 0 bridgehead atoms. The third-order valence-electron chi connectivity index (χ3n) is 2.06. The molecule has 2 rings (SSSR count). The van der Waals surface area contributed by atoms with E-state index in [1.165, 1.54) is 4.90 Å². The molecule has 6 nitrogen and oxygen atoms in total. The Morgan fingerprint density at radius 3 is 2.47 bits per heavy atom. The van der Waals surface area contributed by atoms with Crippen molar-refractivity contribution in [1.29, 1.82) is 0 Å². The number of carbonyl (C=O) groups excluding carboxylic acids is 3. The van der Waals surface area contributed by atoms with Gasteiger partial charge in [0.1, 0.15) is 18.8 Å². The molecule has 2 heterocycles. The topological polar surface area (TPSA) is 82.3 Å². The summed E-state index contributed by atoms with van der Waals surface area (Å²) < 4.78 is 0. The Balaban J connectivity index is 2.14. The van der Waals surface area contributed by atoms with Crippen LogP contribution in [0.4, 0.5) is 0 Å². The first-order chi connectivity index (χ1) is 7.16. The maximum absolute atomic E-state index is 11.7. The normalized spacial score (nSPS) is 16.4. The summed E-state index contributed by atoms with van der Waals surface area (Å²) in [6.07, 6.45) is 1.61. The fourth-order valence-corrected chi connectivity index (χ4v) is 1.41. The minimum absolute atomic E-state index is 0.0798. The molecule has 1 saturated heterocycles. The van der Waals surface area contributed by atoms with Crippen molar-refractivity contribution in [3.63, 3.8) is 0 Å². The number of H-pyrrole nitrogens is 1. The molecule has 0 aliphatic carbocycles. The van der Waals surface area contributed by atoms with E-state index < -0.39 is 11.8 Å². The summed E-state index contributed by atoms with van der Waals surface area (Å²) in [4.78, 5) is 37.7. The summed E-state index contributed by atoms with van der Waals surface area (Å²) in [6.45, 7) is -0.160. The molecular formula is C9H9N3O3. The summed E-state index contributed by atoms with van der Waals surface area (Å²) in [5.74, 6) is -1.25. The quantitative estimate of drug-likeness (QED) is 0.586. The molecule has 0 unspecified atom stereocenters. The molecule has 0 spiro atoms. The van der Waals surface area contributed by atoms with Crippen LogP contribution in [0.5, 0.6) is 0 Å². The fraction of sp³-hybridized carbons (Fsp3) is 0.222. The second-order valence-corrected chi connectivity index (χ2v) is 3.22. The van der Waals surface area contributed by atoms with Crippen LogP contribution in [0.1, 0.15) is 10.5 Å². The molecular weight excluding hydrogens is 198 g/mol. The highest BCUT2D eigenvalue weighted by Gasteiger charge is 2.27. The Kier molecular flexibility index (Phi) is 2.24. The lowest BCUT2D eigenvalue weighted by molar-refractivity contribution is -0.135. The fourth-order valence-electron chi connectivity index (χ4n) is 1.41. The van der Waals surface area contributed by atoms with Gasteiger partial charge in [-0.1, -0.05) is 0 Å². The molecule has 15 heavy (non-hydrogen) atoms. The van der Waals surface area contributed by atoms with Crippen LogP contribution < -0.4 is 5.32 Å². The van der Waals surface area contributed by atoms with E-state index in [9.17, 15) is 14.4 Å². The van der Waals surface area contributed by atoms with Gasteiger partial charge in [0, 0.05) is 6.20 Å². The highest BCUT2D eigenvalue weighted by Crippen LogP contribution is 2.03. The van der Waals surface area contributed by atoms with Gasteiger partial charge in [-0.15, -0.1) is 0 Å². The minimum Gasteiger partial charge on any atom is -0.357 e. The van der Waals surface area contributed by atoms with E-state index in [1.807, 2.05) is 0 Å². The number of carbonyl (C=O) groups is 3. The number of amides is 3. The van der Waals surface area contributed by atoms with E-state index in [2.05, 4.69) is 10.3 Å². The number of aromatic nitrogens is 1. The molecule has 6 heteroatoms. The van der Waals surface area contributed by atoms with Crippen LogP contribution in [-0.4, -0.2) is 40.7 Å². The Morgan fingerprint density at radius 1 is 1.27 bits per heavy atom. The van der Waals surface area contributed by atoms with Crippen LogP contribution in [-0.2, 0) is 9.59 Å². The maximum Gasteiger partial charge on any atom is 0.271 e. The number of hydrogen-bond donors (Lipinski definition) is 2. The van der Waals surface area contributed by atoms with E-state index in [4.69, 9.17) is 0 Å². The first-order valence-corrected chi connectivity index (χ1v) is 4.42. The van der Waals surface area contributed by atoms with Gasteiger partial charge < -0.3 is 9.88 Å². The molecule has 1 fully saturated rings. The molecule has 0 atom stereocenters. The monoisotopic (exact) mass is 207 g/mol. The summed E-state index contributed by atoms with van der Waals surface area (Å²) in [5, 5.41) is 2.13. The van der Waals surface area contributed by atoms with E-state index in [1.54, 1.807) is 18.3 Å². The number of imide groups is 1. The van der Waals surface area contributed by atoms with Crippen molar-refractivity contribution in [3.8, 4) is 0 Å². The third kappa shape index (κ3) is 1.88. The van der Waals surface area contributed by atoms with Gasteiger partial charge in [0.15, 0.2) is 0 Å². The van der Waals surface area contributed by atoms with Crippen molar-refractivity contribution in [2.45, 2.75) is 0 Å². The van der Waals surface area contributed by atoms with Crippen molar-refractivity contribution in [3.05, 3.63) is 24.0 Å². The smallest absolute Gasteiger partial charge is 0.271 e. The first kappa shape index (κ1) is 9.45. The standard InChI is InChI=1S/C9H9N3O3/c13-7-4-12(5-8(14)11-7)9(15)6-2-1-3-10-6/h1-3,10H,4-5H2,(H,11,13,14). The molecule has 1 aliphatic rings. The van der Waals surface area contributed by atoms with E-state index in [0.717, 1.165) is 0 Å². The molecule has 2 N–H and O–H groups in total. The molecule has 0 aromatic carbocycles. The van der Waals surface area contributed by atoms with Gasteiger partial charge in [-0.2, -0.15) is 0 Å². The zero-order valence-electron chi connectivity index (χ0n) is 7.82. The van der Waals surface area contributed by atoms with E-state index in [0.29, 0.717) is 5.69 Å². The number of nitrogens with zero attached hydrogens (tertiary/aromatic N) is 1. The molecule has 1 aliphatic heterocycles. The Morgan fingerprint density at radius 2 is 1.93 bits per heavy atom. The number of nitrogens with one attached hydrogen (secondary N) is 2. The highest BCUT2D eigenvalue weighted by atomic mass is 16.2. The second kappa shape index (κ2) is 3.56. The van der Waals surface area contributed by atoms with Crippen molar-refractivity contribution < 1.29 is 14.4 Å². The second-order valence-electron chi connectivity index (χ2n) is 3.22. The molecule has 0 radical (unpaired) electrons. The van der Waals surface area contributed by atoms with Crippen LogP contribution in [0.3, 0.4) is 0 Å². The molecule has 1 aromatic rings. The number of rotatable bonds is 1. The van der Waals surface area contributed by atoms with Gasteiger partial charge in [0.05, 0.1) is 0 Å². The minimum atomic E-state index is -0.453. The zero-order valence-corrected chi connectivity index (χ0v) is 7.82. The van der Waals surface area contributed by atoms with Gasteiger partial charge in [-0.3, -0.25) is 19.7 Å². The average molecular weight is 207 g/mol. The summed E-state index contributed by atoms with van der Waals surface area (Å²) in [6, 6.07) is 3.28. The van der Waals surface area contributed by atoms with Crippen LogP contribution in [0.2, 0.25) is 0 Å². The van der Waals surface area contributed by atoms with Gasteiger partial charge in [-0.25, -0.2) is 0 Å². The zero-order chi connectivity index (χ0) is 10.8. The van der Waals surface area contributed by atoms with Crippen LogP contribution in [0.25, 0.3) is 0 Å². The van der Waals surface area contributed by atoms with E-state index >= 15 is 0 Å². The number of aromatic amines is 1. The first-order valence-electron chi connectivity index (χ1n) is 4.42. The van der Waals surface area contributed by atoms with Crippen molar-refractivity contribution in [1.82, 2.24) is 15.2 Å². The van der Waals surface area contributed by atoms with Crippen molar-refractivity contribution in [2.75, 3.05) is 13.1 Å². The third-order valence-corrected chi connectivity index (χ3v) is 2.06. The maximum atomic E-state index is 11.7. The molecule has 1 aromatic heterocycles. The van der Waals surface area contributed by atoms with E-state index in [-0.39, 0.29) is 19.0 Å². The lowest BCUT2D eigenvalue weighted by Crippen LogP contribution is -2.53. The Labute approximate surface area is 85.3 Å². The average Bonchev–Trinajstić information content (AvgIpc) is 2.67. The van der Waals surface area contributed by atoms with Crippen molar-refractivity contribution in [2.24, 2.45) is 0 Å². The molecule has 78 valence electrons. The lowest BCUT2D eigenvalue weighted by Gasteiger charge is -2.24. The molecule has 3 amide bonds. The van der Waals surface area contributed by atoms with Gasteiger partial charge >= 0.3 is 0 Å². The largest absolute Gasteiger partial charge is 0.357 e. The SMILES string of the molecule is O=C1CN(C(=O)c2ccc[nH]2)CC(=O)N1. The lowest BCUT2D eigenvalue weighted by atomic mass is 10.3. The number of hydrogen-bond acceptors (Lipinski definition) is 3. The highest BCUT2D eigenvalue weighted by molar-refractivity contribution is 6.05. The number of piperazine rings is 1. The van der Waals surface area contributed by atoms with Gasteiger partial charge in [0.25, 0.3) is 5.91 Å². The summed E-state index contributed by atoms with van der Waals surface area (Å²) >= 11 is 0. The summed E-state index contributed by atoms with van der Waals surface area (Å²) in [7, 11) is 0. The predicted octanol–water partition coefficient (Wildman–Crippen LogP) is -0.887. The van der Waals surface area contributed by atoms with Gasteiger partial charge in [0.2, 0.25) is 11.8 Å². The molecule has 0 saturated carbocycles. The summed E-state index contributed by atoms with van der Waals surface area (Å²) in [5.41, 5.74) is 0.373.